The summed E-state index contributed by atoms with van der Waals surface area (Å²) >= 11 is 0. The Morgan fingerprint density at radius 1 is 1.30 bits per heavy atom. The average molecular weight is 277 g/mol. The Hall–Kier alpha value is -0.590. The molecule has 0 radical (unpaired) electrons. The Morgan fingerprint density at radius 2 is 2.10 bits per heavy atom. The molecule has 3 nitrogen and oxygen atoms in total. The molecular formula is C17H31N3. The lowest BCUT2D eigenvalue weighted by atomic mass is 9.85. The number of likely N-dealkylation sites (tertiary alicyclic amines) is 1. The van der Waals surface area contributed by atoms with Crippen molar-refractivity contribution in [1.82, 2.24) is 10.2 Å². The summed E-state index contributed by atoms with van der Waals surface area (Å²) in [5, 5.41) is 12.8. The van der Waals surface area contributed by atoms with Crippen molar-refractivity contribution < 1.29 is 0 Å². The lowest BCUT2D eigenvalue weighted by Crippen LogP contribution is -2.42. The normalized spacial score (nSPS) is 29.6. The van der Waals surface area contributed by atoms with Crippen molar-refractivity contribution in [3.8, 4) is 6.07 Å². The first-order valence-corrected chi connectivity index (χ1v) is 8.59. The minimum Gasteiger partial charge on any atom is -0.300 e. The van der Waals surface area contributed by atoms with Crippen molar-refractivity contribution in [2.24, 2.45) is 5.92 Å². The third-order valence-corrected chi connectivity index (χ3v) is 5.26. The van der Waals surface area contributed by atoms with Crippen LogP contribution in [-0.2, 0) is 0 Å². The molecule has 1 saturated heterocycles. The minimum absolute atomic E-state index is 0.332. The first-order chi connectivity index (χ1) is 9.68. The third kappa shape index (κ3) is 3.96. The molecule has 3 atom stereocenters. The van der Waals surface area contributed by atoms with Crippen LogP contribution in [0.3, 0.4) is 0 Å². The summed E-state index contributed by atoms with van der Waals surface area (Å²) in [6, 6.07) is 3.33. The maximum atomic E-state index is 9.37. The van der Waals surface area contributed by atoms with E-state index in [-0.39, 0.29) is 5.54 Å². The largest absolute Gasteiger partial charge is 0.300 e. The van der Waals surface area contributed by atoms with Crippen LogP contribution in [0.1, 0.15) is 65.2 Å². The SMILES string of the molecule is CCCNC(C)(C#N)CCCN1CCC2CCCCC21. The van der Waals surface area contributed by atoms with Crippen LogP contribution in [-0.4, -0.2) is 36.1 Å². The van der Waals surface area contributed by atoms with Crippen LogP contribution in [0.4, 0.5) is 0 Å². The van der Waals surface area contributed by atoms with Crippen molar-refractivity contribution in [2.45, 2.75) is 76.8 Å². The van der Waals surface area contributed by atoms with Gasteiger partial charge in [0.1, 0.15) is 5.54 Å². The van der Waals surface area contributed by atoms with Gasteiger partial charge in [0.15, 0.2) is 0 Å². The Labute approximate surface area is 124 Å². The molecule has 114 valence electrons. The topological polar surface area (TPSA) is 39.1 Å². The van der Waals surface area contributed by atoms with Gasteiger partial charge in [-0.2, -0.15) is 5.26 Å². The van der Waals surface area contributed by atoms with Gasteiger partial charge in [-0.3, -0.25) is 5.32 Å². The molecule has 1 heterocycles. The fraction of sp³-hybridized carbons (Fsp3) is 0.941. The molecule has 3 unspecified atom stereocenters. The van der Waals surface area contributed by atoms with E-state index in [1.54, 1.807) is 0 Å². The van der Waals surface area contributed by atoms with Crippen LogP contribution >= 0.6 is 0 Å². The smallest absolute Gasteiger partial charge is 0.103 e. The summed E-state index contributed by atoms with van der Waals surface area (Å²) in [4.78, 5) is 2.71. The molecule has 0 spiro atoms. The second-order valence-corrected chi connectivity index (χ2v) is 6.91. The predicted molar refractivity (Wildman–Crippen MR) is 83.5 cm³/mol. The molecule has 20 heavy (non-hydrogen) atoms. The van der Waals surface area contributed by atoms with E-state index in [1.165, 1.54) is 45.2 Å². The molecule has 2 fully saturated rings. The summed E-state index contributed by atoms with van der Waals surface area (Å²) in [6.07, 6.45) is 10.3. The molecule has 0 amide bonds. The molecule has 1 aliphatic carbocycles. The summed E-state index contributed by atoms with van der Waals surface area (Å²) in [6.45, 7) is 7.63. The predicted octanol–water partition coefficient (Wildman–Crippen LogP) is 3.31. The zero-order chi connectivity index (χ0) is 14.4. The number of nitrogens with one attached hydrogen (secondary N) is 1. The number of nitrogens with zero attached hydrogens (tertiary/aromatic N) is 2. The van der Waals surface area contributed by atoms with Gasteiger partial charge >= 0.3 is 0 Å². The standard InChI is InChI=1S/C17H31N3/c1-3-11-19-17(2,14-18)10-6-12-20-13-9-15-7-4-5-8-16(15)20/h15-16,19H,3-13H2,1-2H3. The summed E-state index contributed by atoms with van der Waals surface area (Å²) < 4.78 is 0. The lowest BCUT2D eigenvalue weighted by molar-refractivity contribution is 0.176. The highest BCUT2D eigenvalue weighted by atomic mass is 15.2. The first kappa shape index (κ1) is 15.8. The second kappa shape index (κ2) is 7.43. The van der Waals surface area contributed by atoms with Crippen molar-refractivity contribution in [1.29, 1.82) is 5.26 Å². The highest BCUT2D eigenvalue weighted by Gasteiger charge is 2.35. The van der Waals surface area contributed by atoms with Gasteiger partial charge in [0.2, 0.25) is 0 Å². The molecule has 2 aliphatic rings. The molecule has 1 saturated carbocycles. The maximum Gasteiger partial charge on any atom is 0.103 e. The molecule has 1 aliphatic heterocycles. The summed E-state index contributed by atoms with van der Waals surface area (Å²) in [7, 11) is 0. The molecule has 3 heteroatoms. The van der Waals surface area contributed by atoms with Crippen LogP contribution in [0, 0.1) is 17.2 Å². The Kier molecular flexibility index (Phi) is 5.86. The Balaban J connectivity index is 1.73. The average Bonchev–Trinajstić information content (AvgIpc) is 2.89. The Bertz CT molecular complexity index is 336. The van der Waals surface area contributed by atoms with Gasteiger partial charge in [0.05, 0.1) is 6.07 Å². The van der Waals surface area contributed by atoms with Gasteiger partial charge in [-0.05, 0) is 71.0 Å². The summed E-state index contributed by atoms with van der Waals surface area (Å²) in [5.41, 5.74) is -0.332. The fourth-order valence-corrected chi connectivity index (χ4v) is 4.00. The van der Waals surface area contributed by atoms with Crippen LogP contribution in [0.25, 0.3) is 0 Å². The van der Waals surface area contributed by atoms with Crippen LogP contribution in [0.15, 0.2) is 0 Å². The van der Waals surface area contributed by atoms with Crippen LogP contribution in [0.2, 0.25) is 0 Å². The highest BCUT2D eigenvalue weighted by Crippen LogP contribution is 2.36. The lowest BCUT2D eigenvalue weighted by Gasteiger charge is -2.32. The van der Waals surface area contributed by atoms with E-state index in [0.29, 0.717) is 0 Å². The van der Waals surface area contributed by atoms with E-state index in [9.17, 15) is 5.26 Å². The van der Waals surface area contributed by atoms with E-state index in [2.05, 4.69) is 30.1 Å². The van der Waals surface area contributed by atoms with E-state index in [4.69, 9.17) is 0 Å². The number of rotatable bonds is 7. The molecule has 0 bridgehead atoms. The number of hydrogen-bond acceptors (Lipinski definition) is 3. The second-order valence-electron chi connectivity index (χ2n) is 6.91. The highest BCUT2D eigenvalue weighted by molar-refractivity contribution is 5.03. The quantitative estimate of drug-likeness (QED) is 0.776. The van der Waals surface area contributed by atoms with E-state index < -0.39 is 0 Å². The van der Waals surface area contributed by atoms with E-state index >= 15 is 0 Å². The molecule has 0 aromatic rings. The first-order valence-electron chi connectivity index (χ1n) is 8.59. The van der Waals surface area contributed by atoms with Gasteiger partial charge in [-0.25, -0.2) is 0 Å². The monoisotopic (exact) mass is 277 g/mol. The van der Waals surface area contributed by atoms with Crippen molar-refractivity contribution in [3.63, 3.8) is 0 Å². The number of hydrogen-bond donors (Lipinski definition) is 1. The van der Waals surface area contributed by atoms with Crippen LogP contribution in [0.5, 0.6) is 0 Å². The van der Waals surface area contributed by atoms with Crippen molar-refractivity contribution in [3.05, 3.63) is 0 Å². The molecular weight excluding hydrogens is 246 g/mol. The molecule has 2 rings (SSSR count). The van der Waals surface area contributed by atoms with Crippen molar-refractivity contribution in [2.75, 3.05) is 19.6 Å². The van der Waals surface area contributed by atoms with Crippen LogP contribution < -0.4 is 5.32 Å². The fourth-order valence-electron chi connectivity index (χ4n) is 4.00. The zero-order valence-electron chi connectivity index (χ0n) is 13.3. The third-order valence-electron chi connectivity index (χ3n) is 5.26. The van der Waals surface area contributed by atoms with Gasteiger partial charge in [0, 0.05) is 6.04 Å². The zero-order valence-corrected chi connectivity index (χ0v) is 13.3. The van der Waals surface area contributed by atoms with Gasteiger partial charge in [-0.15, -0.1) is 0 Å². The number of nitriles is 1. The molecule has 0 aromatic carbocycles. The molecule has 0 aromatic heterocycles. The van der Waals surface area contributed by atoms with Gasteiger partial charge in [-0.1, -0.05) is 19.8 Å². The molecule has 1 N–H and O–H groups in total. The summed E-state index contributed by atoms with van der Waals surface area (Å²) in [5.74, 6) is 0.976. The van der Waals surface area contributed by atoms with Gasteiger partial charge < -0.3 is 4.90 Å². The van der Waals surface area contributed by atoms with Crippen molar-refractivity contribution >= 4 is 0 Å². The van der Waals surface area contributed by atoms with Gasteiger partial charge in [0.25, 0.3) is 0 Å². The minimum atomic E-state index is -0.332. The number of fused-ring (bicyclic) bond motifs is 1. The van der Waals surface area contributed by atoms with E-state index in [1.807, 2.05) is 0 Å². The maximum absolute atomic E-state index is 9.37. The van der Waals surface area contributed by atoms with E-state index in [0.717, 1.165) is 37.8 Å². The Morgan fingerprint density at radius 3 is 2.85 bits per heavy atom.